The fraction of sp³-hybridized carbons (Fsp3) is 0.625. The summed E-state index contributed by atoms with van der Waals surface area (Å²) in [5.41, 5.74) is 8.00. The molecule has 0 bridgehead atoms. The van der Waals surface area contributed by atoms with Crippen LogP contribution in [0.15, 0.2) is 12.1 Å². The van der Waals surface area contributed by atoms with E-state index < -0.39 is 5.91 Å². The summed E-state index contributed by atoms with van der Waals surface area (Å²) < 4.78 is 0. The van der Waals surface area contributed by atoms with Crippen LogP contribution in [0.3, 0.4) is 0 Å². The SMILES string of the molecule is CCCCCc1c(NC(=O)C2CCCC2)cc(NC(=O)C2CCCC2)cc1C(N)=O. The predicted octanol–water partition coefficient (Wildman–Crippen LogP) is 4.78. The molecule has 30 heavy (non-hydrogen) atoms. The molecule has 2 saturated carbocycles. The predicted molar refractivity (Wildman–Crippen MR) is 119 cm³/mol. The Morgan fingerprint density at radius 1 is 0.900 bits per heavy atom. The van der Waals surface area contributed by atoms with Crippen molar-refractivity contribution < 1.29 is 14.4 Å². The molecule has 0 unspecified atom stereocenters. The van der Waals surface area contributed by atoms with E-state index in [0.717, 1.165) is 76.2 Å². The number of hydrogen-bond donors (Lipinski definition) is 3. The number of carbonyl (C=O) groups is 3. The second kappa shape index (κ2) is 10.6. The summed E-state index contributed by atoms with van der Waals surface area (Å²) in [6.45, 7) is 2.12. The van der Waals surface area contributed by atoms with Gasteiger partial charge in [0.1, 0.15) is 0 Å². The molecule has 3 amide bonds. The third-order valence-electron chi connectivity index (χ3n) is 6.52. The van der Waals surface area contributed by atoms with Gasteiger partial charge < -0.3 is 16.4 Å². The molecule has 2 fully saturated rings. The van der Waals surface area contributed by atoms with Crippen LogP contribution in [0.5, 0.6) is 0 Å². The second-order valence-corrected chi connectivity index (χ2v) is 8.81. The molecule has 0 radical (unpaired) electrons. The molecule has 1 aromatic rings. The highest BCUT2D eigenvalue weighted by Gasteiger charge is 2.26. The smallest absolute Gasteiger partial charge is 0.249 e. The molecule has 6 nitrogen and oxygen atoms in total. The fourth-order valence-corrected chi connectivity index (χ4v) is 4.75. The summed E-state index contributed by atoms with van der Waals surface area (Å²) in [5.74, 6) is -0.520. The number of hydrogen-bond acceptors (Lipinski definition) is 3. The van der Waals surface area contributed by atoms with E-state index in [1.54, 1.807) is 12.1 Å². The summed E-state index contributed by atoms with van der Waals surface area (Å²) in [4.78, 5) is 37.7. The highest BCUT2D eigenvalue weighted by molar-refractivity contribution is 6.02. The average Bonchev–Trinajstić information content (AvgIpc) is 3.43. The molecule has 2 aliphatic rings. The van der Waals surface area contributed by atoms with Crippen molar-refractivity contribution in [3.05, 3.63) is 23.3 Å². The van der Waals surface area contributed by atoms with Gasteiger partial charge in [-0.05, 0) is 56.2 Å². The minimum atomic E-state index is -0.533. The van der Waals surface area contributed by atoms with Gasteiger partial charge in [0.2, 0.25) is 17.7 Å². The number of nitrogens with one attached hydrogen (secondary N) is 2. The van der Waals surface area contributed by atoms with Crippen LogP contribution >= 0.6 is 0 Å². The summed E-state index contributed by atoms with van der Waals surface area (Å²) in [7, 11) is 0. The van der Waals surface area contributed by atoms with E-state index in [9.17, 15) is 14.4 Å². The number of benzene rings is 1. The maximum Gasteiger partial charge on any atom is 0.249 e. The largest absolute Gasteiger partial charge is 0.366 e. The summed E-state index contributed by atoms with van der Waals surface area (Å²) >= 11 is 0. The van der Waals surface area contributed by atoms with Crippen LogP contribution in [0.2, 0.25) is 0 Å². The number of nitrogens with two attached hydrogens (primary N) is 1. The Labute approximate surface area is 179 Å². The number of unbranched alkanes of at least 4 members (excludes halogenated alkanes) is 2. The van der Waals surface area contributed by atoms with Crippen molar-refractivity contribution in [1.82, 2.24) is 0 Å². The zero-order valence-corrected chi connectivity index (χ0v) is 18.1. The van der Waals surface area contributed by atoms with E-state index in [-0.39, 0.29) is 23.7 Å². The highest BCUT2D eigenvalue weighted by Crippen LogP contribution is 2.32. The van der Waals surface area contributed by atoms with Crippen LogP contribution in [-0.2, 0) is 16.0 Å². The van der Waals surface area contributed by atoms with E-state index >= 15 is 0 Å². The van der Waals surface area contributed by atoms with Crippen molar-refractivity contribution in [3.8, 4) is 0 Å². The van der Waals surface area contributed by atoms with Gasteiger partial charge >= 0.3 is 0 Å². The first kappa shape index (κ1) is 22.3. The van der Waals surface area contributed by atoms with Gasteiger partial charge in [0.25, 0.3) is 0 Å². The molecule has 0 spiro atoms. The second-order valence-electron chi connectivity index (χ2n) is 8.81. The van der Waals surface area contributed by atoms with Gasteiger partial charge in [-0.25, -0.2) is 0 Å². The van der Waals surface area contributed by atoms with Crippen molar-refractivity contribution in [3.63, 3.8) is 0 Å². The molecule has 0 aliphatic heterocycles. The van der Waals surface area contributed by atoms with Crippen LogP contribution in [-0.4, -0.2) is 17.7 Å². The number of amides is 3. The van der Waals surface area contributed by atoms with Gasteiger partial charge in [-0.2, -0.15) is 0 Å². The van der Waals surface area contributed by atoms with Crippen molar-refractivity contribution in [2.45, 2.75) is 84.0 Å². The lowest BCUT2D eigenvalue weighted by Gasteiger charge is -2.19. The first-order valence-electron chi connectivity index (χ1n) is 11.6. The average molecular weight is 414 g/mol. The van der Waals surface area contributed by atoms with Crippen LogP contribution in [0, 0.1) is 11.8 Å². The van der Waals surface area contributed by atoms with E-state index in [0.29, 0.717) is 23.4 Å². The Morgan fingerprint density at radius 2 is 1.47 bits per heavy atom. The minimum absolute atomic E-state index is 0.000989. The van der Waals surface area contributed by atoms with Crippen LogP contribution in [0.1, 0.15) is 93.5 Å². The third kappa shape index (κ3) is 5.61. The Morgan fingerprint density at radius 3 is 2.00 bits per heavy atom. The molecular weight excluding hydrogens is 378 g/mol. The lowest BCUT2D eigenvalue weighted by molar-refractivity contribution is -0.120. The number of primary amides is 1. The topological polar surface area (TPSA) is 101 Å². The third-order valence-corrected chi connectivity index (χ3v) is 6.52. The molecule has 1 aromatic carbocycles. The van der Waals surface area contributed by atoms with Crippen LogP contribution < -0.4 is 16.4 Å². The van der Waals surface area contributed by atoms with Crippen molar-refractivity contribution >= 4 is 29.1 Å². The Bertz CT molecular complexity index is 778. The molecule has 0 aromatic heterocycles. The number of anilines is 2. The van der Waals surface area contributed by atoms with Gasteiger partial charge in [-0.3, -0.25) is 14.4 Å². The molecular formula is C24H35N3O3. The lowest BCUT2D eigenvalue weighted by atomic mass is 9.96. The fourth-order valence-electron chi connectivity index (χ4n) is 4.75. The van der Waals surface area contributed by atoms with E-state index in [1.807, 2.05) is 0 Å². The Balaban J connectivity index is 1.88. The summed E-state index contributed by atoms with van der Waals surface area (Å²) in [6.07, 6.45) is 11.6. The van der Waals surface area contributed by atoms with Crippen molar-refractivity contribution in [2.75, 3.05) is 10.6 Å². The lowest BCUT2D eigenvalue weighted by Crippen LogP contribution is -2.24. The van der Waals surface area contributed by atoms with Crippen LogP contribution in [0.25, 0.3) is 0 Å². The molecule has 164 valence electrons. The highest BCUT2D eigenvalue weighted by atomic mass is 16.2. The minimum Gasteiger partial charge on any atom is -0.366 e. The maximum absolute atomic E-state index is 12.8. The summed E-state index contributed by atoms with van der Waals surface area (Å²) in [6, 6.07) is 3.47. The monoisotopic (exact) mass is 413 g/mol. The van der Waals surface area contributed by atoms with Gasteiger partial charge in [0.15, 0.2) is 0 Å². The molecule has 3 rings (SSSR count). The van der Waals surface area contributed by atoms with Gasteiger partial charge in [-0.1, -0.05) is 45.4 Å². The Kier molecular flexibility index (Phi) is 7.88. The standard InChI is InChI=1S/C24H35N3O3/c1-2-3-4-13-19-20(22(25)28)14-18(26-23(29)16-9-5-6-10-16)15-21(19)27-24(30)17-11-7-8-12-17/h14-17H,2-13H2,1H3,(H2,25,28)(H,26,29)(H,27,30). The number of rotatable bonds is 9. The van der Waals surface area contributed by atoms with Gasteiger partial charge in [0, 0.05) is 28.8 Å². The zero-order valence-electron chi connectivity index (χ0n) is 18.1. The molecule has 4 N–H and O–H groups in total. The zero-order chi connectivity index (χ0) is 21.5. The first-order chi connectivity index (χ1) is 14.5. The first-order valence-corrected chi connectivity index (χ1v) is 11.6. The molecule has 6 heteroatoms. The van der Waals surface area contributed by atoms with Gasteiger partial charge in [0.05, 0.1) is 0 Å². The summed E-state index contributed by atoms with van der Waals surface area (Å²) in [5, 5.41) is 6.02. The molecule has 0 saturated heterocycles. The Hall–Kier alpha value is -2.37. The quantitative estimate of drug-likeness (QED) is 0.508. The van der Waals surface area contributed by atoms with E-state index in [2.05, 4.69) is 17.6 Å². The molecule has 0 heterocycles. The number of carbonyl (C=O) groups excluding carboxylic acids is 3. The van der Waals surface area contributed by atoms with E-state index in [4.69, 9.17) is 5.73 Å². The molecule has 0 atom stereocenters. The normalized spacial score (nSPS) is 17.2. The molecule has 2 aliphatic carbocycles. The van der Waals surface area contributed by atoms with Crippen molar-refractivity contribution in [1.29, 1.82) is 0 Å². The van der Waals surface area contributed by atoms with Gasteiger partial charge in [-0.15, -0.1) is 0 Å². The van der Waals surface area contributed by atoms with Crippen molar-refractivity contribution in [2.24, 2.45) is 17.6 Å². The van der Waals surface area contributed by atoms with E-state index in [1.165, 1.54) is 0 Å². The maximum atomic E-state index is 12.8. The van der Waals surface area contributed by atoms with Crippen LogP contribution in [0.4, 0.5) is 11.4 Å².